The molecule has 0 aliphatic heterocycles. The molecule has 1 N–H and O–H groups in total. The molecule has 1 fully saturated rings. The number of para-hydroxylation sites is 1. The molecule has 0 aromatic heterocycles. The molecular formula is C16H13F9O3. The Hall–Kier alpha value is -1.98. The van der Waals surface area contributed by atoms with E-state index in [-0.39, 0.29) is 0 Å². The van der Waals surface area contributed by atoms with Gasteiger partial charge in [-0.3, -0.25) is 4.79 Å². The van der Waals surface area contributed by atoms with E-state index in [4.69, 9.17) is 0 Å². The van der Waals surface area contributed by atoms with E-state index in [0.29, 0.717) is 6.92 Å². The van der Waals surface area contributed by atoms with Crippen LogP contribution in [0.25, 0.3) is 0 Å². The predicted molar refractivity (Wildman–Crippen MR) is 75.6 cm³/mol. The molecule has 0 heterocycles. The Labute approximate surface area is 152 Å². The number of hydrogen-bond acceptors (Lipinski definition) is 3. The lowest BCUT2D eigenvalue weighted by Gasteiger charge is -2.37. The summed E-state index contributed by atoms with van der Waals surface area (Å²) in [5.41, 5.74) is -9.70. The van der Waals surface area contributed by atoms with Gasteiger partial charge in [0.2, 0.25) is 0 Å². The third-order valence-electron chi connectivity index (χ3n) is 4.49. The molecule has 1 aliphatic carbocycles. The van der Waals surface area contributed by atoms with E-state index in [9.17, 15) is 49.4 Å². The van der Waals surface area contributed by atoms with Crippen LogP contribution in [0.4, 0.5) is 39.5 Å². The second kappa shape index (κ2) is 6.01. The summed E-state index contributed by atoms with van der Waals surface area (Å²) in [6.07, 6.45) is -2.55. The molecule has 1 atom stereocenters. The van der Waals surface area contributed by atoms with Crippen molar-refractivity contribution in [3.05, 3.63) is 29.8 Å². The van der Waals surface area contributed by atoms with Gasteiger partial charge in [-0.2, -0.15) is 35.1 Å². The van der Waals surface area contributed by atoms with Crippen LogP contribution in [-0.4, -0.2) is 40.4 Å². The number of hydrogen-bond donors (Lipinski definition) is 1. The van der Waals surface area contributed by atoms with Crippen LogP contribution in [0, 0.1) is 0 Å². The molecule has 1 aromatic rings. The van der Waals surface area contributed by atoms with Crippen LogP contribution in [0.1, 0.15) is 25.8 Å². The van der Waals surface area contributed by atoms with E-state index < -0.39 is 58.7 Å². The molecule has 12 heteroatoms. The first-order valence-electron chi connectivity index (χ1n) is 7.57. The number of esters is 1. The lowest BCUT2D eigenvalue weighted by Crippen LogP contribution is -2.57. The lowest BCUT2D eigenvalue weighted by atomic mass is 9.80. The zero-order chi connectivity index (χ0) is 22.0. The van der Waals surface area contributed by atoms with Crippen LogP contribution in [-0.2, 0) is 10.4 Å². The van der Waals surface area contributed by atoms with Crippen LogP contribution in [0.15, 0.2) is 24.3 Å². The molecule has 0 spiro atoms. The Morgan fingerprint density at radius 2 is 1.36 bits per heavy atom. The summed E-state index contributed by atoms with van der Waals surface area (Å²) >= 11 is 0. The topological polar surface area (TPSA) is 46.5 Å². The molecule has 1 unspecified atom stereocenters. The number of rotatable bonds is 4. The zero-order valence-corrected chi connectivity index (χ0v) is 14.2. The van der Waals surface area contributed by atoms with Crippen molar-refractivity contribution in [1.29, 1.82) is 0 Å². The lowest BCUT2D eigenvalue weighted by molar-refractivity contribution is -0.303. The van der Waals surface area contributed by atoms with Crippen LogP contribution < -0.4 is 4.74 Å². The number of aliphatic hydroxyl groups is 1. The van der Waals surface area contributed by atoms with Crippen molar-refractivity contribution in [2.45, 2.75) is 55.2 Å². The highest BCUT2D eigenvalue weighted by Crippen LogP contribution is 2.71. The van der Waals surface area contributed by atoms with E-state index in [2.05, 4.69) is 4.74 Å². The highest BCUT2D eigenvalue weighted by molar-refractivity contribution is 5.70. The number of carbonyl (C=O) groups is 1. The number of carbonyl (C=O) groups excluding carboxylic acids is 1. The summed E-state index contributed by atoms with van der Waals surface area (Å²) < 4.78 is 128. The fourth-order valence-corrected chi connectivity index (χ4v) is 3.04. The van der Waals surface area contributed by atoms with Gasteiger partial charge >= 0.3 is 29.7 Å². The summed E-state index contributed by atoms with van der Waals surface area (Å²) in [5, 5.41) is 10.3. The summed E-state index contributed by atoms with van der Waals surface area (Å²) in [6, 6.07) is 4.09. The Morgan fingerprint density at radius 1 is 0.929 bits per heavy atom. The average Bonchev–Trinajstić information content (AvgIpc) is 2.57. The van der Waals surface area contributed by atoms with Gasteiger partial charge in [0.1, 0.15) is 5.75 Å². The van der Waals surface area contributed by atoms with Gasteiger partial charge in [-0.05, 0) is 13.0 Å². The third-order valence-corrected chi connectivity index (χ3v) is 4.49. The first-order valence-corrected chi connectivity index (χ1v) is 7.57. The number of ether oxygens (including phenoxy) is 1. The summed E-state index contributed by atoms with van der Waals surface area (Å²) in [6.45, 7) is 1.33. The monoisotopic (exact) mass is 424 g/mol. The first-order chi connectivity index (χ1) is 12.4. The second-order valence-corrected chi connectivity index (χ2v) is 6.64. The highest BCUT2D eigenvalue weighted by Gasteiger charge is 3.00. The maximum atomic E-state index is 14.7. The van der Waals surface area contributed by atoms with Crippen molar-refractivity contribution in [2.75, 3.05) is 0 Å². The van der Waals surface area contributed by atoms with Crippen molar-refractivity contribution in [2.24, 2.45) is 0 Å². The Morgan fingerprint density at radius 3 is 1.79 bits per heavy atom. The molecule has 2 rings (SSSR count). The second-order valence-electron chi connectivity index (χ2n) is 6.64. The third kappa shape index (κ3) is 2.60. The highest BCUT2D eigenvalue weighted by atomic mass is 19.4. The van der Waals surface area contributed by atoms with E-state index >= 15 is 0 Å². The van der Waals surface area contributed by atoms with E-state index in [1.54, 1.807) is 0 Å². The number of benzene rings is 1. The standard InChI is InChI=1S/C16H13F9O3/c1-8(26)28-10-6-4-3-5-9(10)11(2,27)7-12(17)13(18,19)15(22,23)16(24,25)14(12,20)21/h3-6,27H,7H2,1-2H3. The molecule has 1 aliphatic rings. The molecule has 0 bridgehead atoms. The molecule has 0 saturated heterocycles. The zero-order valence-electron chi connectivity index (χ0n) is 14.2. The maximum Gasteiger partial charge on any atom is 0.381 e. The largest absolute Gasteiger partial charge is 0.426 e. The van der Waals surface area contributed by atoms with Gasteiger partial charge in [-0.25, -0.2) is 4.39 Å². The fraction of sp³-hybridized carbons (Fsp3) is 0.562. The minimum absolute atomic E-state index is 0.456. The molecule has 28 heavy (non-hydrogen) atoms. The molecular weight excluding hydrogens is 411 g/mol. The molecule has 0 radical (unpaired) electrons. The van der Waals surface area contributed by atoms with Gasteiger partial charge in [-0.1, -0.05) is 18.2 Å². The first kappa shape index (κ1) is 22.3. The van der Waals surface area contributed by atoms with Gasteiger partial charge in [0.15, 0.2) is 0 Å². The quantitative estimate of drug-likeness (QED) is 0.441. The molecule has 158 valence electrons. The maximum absolute atomic E-state index is 14.7. The minimum atomic E-state index is -6.73. The van der Waals surface area contributed by atoms with Crippen LogP contribution >= 0.6 is 0 Å². The number of alkyl halides is 9. The van der Waals surface area contributed by atoms with Crippen molar-refractivity contribution in [3.8, 4) is 5.75 Å². The number of halogens is 9. The Bertz CT molecular complexity index is 763. The van der Waals surface area contributed by atoms with Gasteiger partial charge in [-0.15, -0.1) is 0 Å². The Kier molecular flexibility index (Phi) is 4.79. The normalized spacial score (nSPS) is 25.7. The van der Waals surface area contributed by atoms with E-state index in [0.717, 1.165) is 25.1 Å². The van der Waals surface area contributed by atoms with Crippen LogP contribution in [0.5, 0.6) is 5.75 Å². The predicted octanol–water partition coefficient (Wildman–Crippen LogP) is 4.47. The SMILES string of the molecule is CC(=O)Oc1ccccc1C(C)(O)CC1(F)C(F)(F)C(F)(F)C(F)(F)C1(F)F. The van der Waals surface area contributed by atoms with Gasteiger partial charge in [0.05, 0.1) is 5.60 Å². The van der Waals surface area contributed by atoms with Crippen molar-refractivity contribution >= 4 is 5.97 Å². The van der Waals surface area contributed by atoms with Crippen LogP contribution in [0.3, 0.4) is 0 Å². The van der Waals surface area contributed by atoms with Crippen molar-refractivity contribution in [3.63, 3.8) is 0 Å². The molecule has 3 nitrogen and oxygen atoms in total. The van der Waals surface area contributed by atoms with Crippen LogP contribution in [0.2, 0.25) is 0 Å². The molecule has 1 saturated carbocycles. The van der Waals surface area contributed by atoms with Gasteiger partial charge in [0.25, 0.3) is 5.67 Å². The smallest absolute Gasteiger partial charge is 0.381 e. The summed E-state index contributed by atoms with van der Waals surface area (Å²) in [4.78, 5) is 11.1. The minimum Gasteiger partial charge on any atom is -0.426 e. The summed E-state index contributed by atoms with van der Waals surface area (Å²) in [7, 11) is 0. The average molecular weight is 424 g/mol. The molecule has 1 aromatic carbocycles. The van der Waals surface area contributed by atoms with Crippen molar-refractivity contribution < 1.29 is 54.2 Å². The fourth-order valence-electron chi connectivity index (χ4n) is 3.04. The van der Waals surface area contributed by atoms with Crippen molar-refractivity contribution in [1.82, 2.24) is 0 Å². The Balaban J connectivity index is 2.61. The molecule has 0 amide bonds. The van der Waals surface area contributed by atoms with E-state index in [1.165, 1.54) is 6.07 Å². The van der Waals surface area contributed by atoms with Gasteiger partial charge in [0, 0.05) is 18.9 Å². The van der Waals surface area contributed by atoms with E-state index in [1.807, 2.05) is 0 Å². The van der Waals surface area contributed by atoms with Gasteiger partial charge < -0.3 is 9.84 Å². The summed E-state index contributed by atoms with van der Waals surface area (Å²) in [5.74, 6) is -28.1.